The Morgan fingerprint density at radius 2 is 1.38 bits per heavy atom. The third-order valence-corrected chi connectivity index (χ3v) is 3.39. The minimum atomic E-state index is 1.04. The van der Waals surface area contributed by atoms with E-state index in [4.69, 9.17) is 0 Å². The van der Waals surface area contributed by atoms with E-state index in [9.17, 15) is 0 Å². The lowest BCUT2D eigenvalue weighted by molar-refractivity contribution is 0.229. The highest BCUT2D eigenvalue weighted by molar-refractivity contribution is 7.16. The molecule has 0 aromatic rings. The highest BCUT2D eigenvalue weighted by Gasteiger charge is 2.26. The molecule has 0 N–H and O–H groups in total. The SMILES string of the molecule is PC[C@H]1CC[C@@H]1CP. The third kappa shape index (κ3) is 1.23. The molecule has 0 bridgehead atoms. The molecule has 0 radical (unpaired) electrons. The summed E-state index contributed by atoms with van der Waals surface area (Å²) in [5.41, 5.74) is 0. The first-order chi connectivity index (χ1) is 3.88. The lowest BCUT2D eigenvalue weighted by Gasteiger charge is -2.34. The van der Waals surface area contributed by atoms with Crippen LogP contribution in [-0.4, -0.2) is 12.3 Å². The molecule has 0 nitrogen and oxygen atoms in total. The second-order valence-corrected chi connectivity index (χ2v) is 3.51. The van der Waals surface area contributed by atoms with Gasteiger partial charge in [0.25, 0.3) is 0 Å². The topological polar surface area (TPSA) is 0 Å². The van der Waals surface area contributed by atoms with Gasteiger partial charge in [-0.25, -0.2) is 0 Å². The van der Waals surface area contributed by atoms with Crippen LogP contribution < -0.4 is 0 Å². The van der Waals surface area contributed by atoms with Crippen LogP contribution in [0.25, 0.3) is 0 Å². The molecule has 0 heterocycles. The van der Waals surface area contributed by atoms with E-state index in [2.05, 4.69) is 18.5 Å². The van der Waals surface area contributed by atoms with E-state index < -0.39 is 0 Å². The maximum absolute atomic E-state index is 2.83. The average molecular weight is 148 g/mol. The zero-order chi connectivity index (χ0) is 5.98. The van der Waals surface area contributed by atoms with Gasteiger partial charge in [-0.1, -0.05) is 0 Å². The first-order valence-corrected chi connectivity index (χ1v) is 4.92. The number of hydrogen-bond donors (Lipinski definition) is 0. The van der Waals surface area contributed by atoms with E-state index in [1.54, 1.807) is 0 Å². The summed E-state index contributed by atoms with van der Waals surface area (Å²) in [6, 6.07) is 0. The maximum Gasteiger partial charge on any atom is -0.0348 e. The third-order valence-electron chi connectivity index (χ3n) is 2.18. The van der Waals surface area contributed by atoms with Gasteiger partial charge in [-0.2, -0.15) is 0 Å². The van der Waals surface area contributed by atoms with Crippen LogP contribution in [0, 0.1) is 11.8 Å². The Morgan fingerprint density at radius 3 is 1.50 bits per heavy atom. The van der Waals surface area contributed by atoms with Crippen LogP contribution in [0.3, 0.4) is 0 Å². The van der Waals surface area contributed by atoms with E-state index in [0.29, 0.717) is 0 Å². The molecule has 0 spiro atoms. The Labute approximate surface area is 56.2 Å². The van der Waals surface area contributed by atoms with Gasteiger partial charge in [0.15, 0.2) is 0 Å². The fourth-order valence-electron chi connectivity index (χ4n) is 1.26. The molecule has 1 fully saturated rings. The zero-order valence-corrected chi connectivity index (χ0v) is 7.45. The molecule has 0 aromatic carbocycles. The van der Waals surface area contributed by atoms with Gasteiger partial charge in [-0.3, -0.25) is 0 Å². The Kier molecular flexibility index (Phi) is 2.73. The fraction of sp³-hybridized carbons (Fsp3) is 1.00. The van der Waals surface area contributed by atoms with Crippen molar-refractivity contribution in [1.29, 1.82) is 0 Å². The predicted molar refractivity (Wildman–Crippen MR) is 45.4 cm³/mol. The lowest BCUT2D eigenvalue weighted by atomic mass is 9.76. The van der Waals surface area contributed by atoms with E-state index in [1.807, 2.05) is 0 Å². The van der Waals surface area contributed by atoms with Crippen LogP contribution in [0.1, 0.15) is 12.8 Å². The minimum Gasteiger partial charge on any atom is -0.137 e. The average Bonchev–Trinajstić information content (AvgIpc) is 1.66. The molecule has 1 aliphatic rings. The highest BCUT2D eigenvalue weighted by atomic mass is 31.0. The van der Waals surface area contributed by atoms with Gasteiger partial charge in [0, 0.05) is 0 Å². The monoisotopic (exact) mass is 148 g/mol. The minimum absolute atomic E-state index is 1.04. The molecule has 1 rings (SSSR count). The van der Waals surface area contributed by atoms with Crippen LogP contribution in [0.15, 0.2) is 0 Å². The van der Waals surface area contributed by atoms with Crippen LogP contribution >= 0.6 is 18.5 Å². The summed E-state index contributed by atoms with van der Waals surface area (Å²) < 4.78 is 0. The first kappa shape index (κ1) is 6.97. The predicted octanol–water partition coefficient (Wildman–Crippen LogP) is 1.76. The Morgan fingerprint density at radius 1 is 1.00 bits per heavy atom. The molecule has 0 aliphatic heterocycles. The number of hydrogen-bond acceptors (Lipinski definition) is 0. The summed E-state index contributed by atoms with van der Waals surface area (Å²) in [7, 11) is 5.67. The normalized spacial score (nSPS) is 36.8. The van der Waals surface area contributed by atoms with Crippen LogP contribution in [0.4, 0.5) is 0 Å². The molecule has 0 saturated heterocycles. The van der Waals surface area contributed by atoms with Gasteiger partial charge in [-0.15, -0.1) is 18.5 Å². The van der Waals surface area contributed by atoms with Crippen LogP contribution in [0.5, 0.6) is 0 Å². The standard InChI is InChI=1S/C6H14P2/c7-3-5-1-2-6(5)4-8/h5-6H,1-4,7-8H2/t5-,6-/m1/s1. The molecule has 8 heavy (non-hydrogen) atoms. The lowest BCUT2D eigenvalue weighted by Crippen LogP contribution is -2.27. The fourth-order valence-corrected chi connectivity index (χ4v) is 2.50. The summed E-state index contributed by atoms with van der Waals surface area (Å²) in [5, 5.41) is 0. The summed E-state index contributed by atoms with van der Waals surface area (Å²) in [5.74, 6) is 2.08. The van der Waals surface area contributed by atoms with Crippen molar-refractivity contribution in [1.82, 2.24) is 0 Å². The highest BCUT2D eigenvalue weighted by Crippen LogP contribution is 2.36. The Bertz CT molecular complexity index is 58.9. The van der Waals surface area contributed by atoms with E-state index in [1.165, 1.54) is 25.2 Å². The molecule has 0 amide bonds. The second-order valence-electron chi connectivity index (χ2n) is 2.57. The van der Waals surface area contributed by atoms with Gasteiger partial charge < -0.3 is 0 Å². The quantitative estimate of drug-likeness (QED) is 0.523. The van der Waals surface area contributed by atoms with Crippen LogP contribution in [-0.2, 0) is 0 Å². The van der Waals surface area contributed by atoms with Crippen molar-refractivity contribution in [2.45, 2.75) is 12.8 Å². The molecule has 4 atom stereocenters. The van der Waals surface area contributed by atoms with Crippen LogP contribution in [0.2, 0.25) is 0 Å². The maximum atomic E-state index is 2.83. The van der Waals surface area contributed by atoms with Gasteiger partial charge >= 0.3 is 0 Å². The summed E-state index contributed by atoms with van der Waals surface area (Å²) in [6.07, 6.45) is 5.59. The Balaban J connectivity index is 2.16. The molecule has 0 aromatic heterocycles. The second kappa shape index (κ2) is 3.14. The zero-order valence-electron chi connectivity index (χ0n) is 5.14. The smallest absolute Gasteiger partial charge is 0.0348 e. The van der Waals surface area contributed by atoms with Gasteiger partial charge in [0.2, 0.25) is 0 Å². The van der Waals surface area contributed by atoms with Crippen molar-refractivity contribution in [2.24, 2.45) is 11.8 Å². The first-order valence-electron chi connectivity index (χ1n) is 3.28. The molecule has 2 heteroatoms. The number of rotatable bonds is 2. The van der Waals surface area contributed by atoms with Gasteiger partial charge in [0.05, 0.1) is 0 Å². The molecular formula is C6H14P2. The molecule has 48 valence electrons. The van der Waals surface area contributed by atoms with Crippen molar-refractivity contribution in [3.05, 3.63) is 0 Å². The molecular weight excluding hydrogens is 134 g/mol. The molecule has 1 saturated carbocycles. The summed E-state index contributed by atoms with van der Waals surface area (Å²) in [6.45, 7) is 0. The van der Waals surface area contributed by atoms with Crippen molar-refractivity contribution in [3.8, 4) is 0 Å². The summed E-state index contributed by atoms with van der Waals surface area (Å²) in [4.78, 5) is 0. The molecule has 2 unspecified atom stereocenters. The van der Waals surface area contributed by atoms with E-state index in [-0.39, 0.29) is 0 Å². The van der Waals surface area contributed by atoms with Crippen molar-refractivity contribution >= 4 is 18.5 Å². The van der Waals surface area contributed by atoms with E-state index in [0.717, 1.165) is 11.8 Å². The van der Waals surface area contributed by atoms with Crippen molar-refractivity contribution < 1.29 is 0 Å². The van der Waals surface area contributed by atoms with Crippen molar-refractivity contribution in [3.63, 3.8) is 0 Å². The van der Waals surface area contributed by atoms with Crippen molar-refractivity contribution in [2.75, 3.05) is 12.3 Å². The van der Waals surface area contributed by atoms with Gasteiger partial charge in [0.1, 0.15) is 0 Å². The van der Waals surface area contributed by atoms with Gasteiger partial charge in [-0.05, 0) is 37.0 Å². The largest absolute Gasteiger partial charge is 0.137 e. The van der Waals surface area contributed by atoms with E-state index >= 15 is 0 Å². The Hall–Kier alpha value is 0.860. The summed E-state index contributed by atoms with van der Waals surface area (Å²) >= 11 is 0. The molecule has 1 aliphatic carbocycles.